The molecule has 0 aliphatic rings. The van der Waals surface area contributed by atoms with Crippen molar-refractivity contribution < 1.29 is 0 Å². The van der Waals surface area contributed by atoms with Gasteiger partial charge in [-0.1, -0.05) is 24.3 Å². The Kier molecular flexibility index (Phi) is 8.37. The van der Waals surface area contributed by atoms with Crippen LogP contribution >= 0.6 is 0 Å². The van der Waals surface area contributed by atoms with Crippen molar-refractivity contribution in [3.63, 3.8) is 0 Å². The molecule has 0 amide bonds. The summed E-state index contributed by atoms with van der Waals surface area (Å²) in [4.78, 5) is 0. The van der Waals surface area contributed by atoms with Crippen LogP contribution in [0.2, 0.25) is 0 Å². The summed E-state index contributed by atoms with van der Waals surface area (Å²) in [5, 5.41) is 15.5. The molecule has 0 unspecified atom stereocenters. The summed E-state index contributed by atoms with van der Waals surface area (Å²) in [6.45, 7) is 0. The Balaban J connectivity index is 1.00. The van der Waals surface area contributed by atoms with Gasteiger partial charge in [0, 0.05) is 0 Å². The van der Waals surface area contributed by atoms with E-state index >= 15 is 0 Å². The van der Waals surface area contributed by atoms with Crippen LogP contribution in [-0.4, -0.2) is 19.1 Å². The van der Waals surface area contributed by atoms with E-state index < -0.39 is 0 Å². The van der Waals surface area contributed by atoms with Gasteiger partial charge in [0.1, 0.15) is 0 Å². The van der Waals surface area contributed by atoms with Crippen molar-refractivity contribution in [1.82, 2.24) is 4.57 Å². The third kappa shape index (κ3) is 5.47. The van der Waals surface area contributed by atoms with Crippen LogP contribution in [0.25, 0.3) is 134 Å². The van der Waals surface area contributed by atoms with Gasteiger partial charge in [-0.05, 0) is 12.1 Å². The molecule has 0 aliphatic heterocycles. The second kappa shape index (κ2) is 14.8. The van der Waals surface area contributed by atoms with Gasteiger partial charge in [-0.15, -0.1) is 0 Å². The number of fused-ring (bicyclic) bond motifs is 10. The van der Waals surface area contributed by atoms with Crippen LogP contribution in [0.3, 0.4) is 0 Å². The molecule has 2 heterocycles. The molecule has 0 saturated carbocycles. The summed E-state index contributed by atoms with van der Waals surface area (Å²) in [5.41, 5.74) is 13.9. The van der Waals surface area contributed by atoms with Gasteiger partial charge in [-0.3, -0.25) is 0 Å². The summed E-state index contributed by atoms with van der Waals surface area (Å²) >= 11 is 0.0890. The van der Waals surface area contributed by atoms with Crippen molar-refractivity contribution in [2.75, 3.05) is 0 Å². The van der Waals surface area contributed by atoms with Crippen molar-refractivity contribution in [2.24, 2.45) is 0 Å². The Bertz CT molecular complexity index is 4160. The Morgan fingerprint density at radius 2 is 0.712 bits per heavy atom. The Morgan fingerprint density at radius 1 is 0.273 bits per heavy atom. The van der Waals surface area contributed by atoms with Crippen LogP contribution in [0, 0.1) is 0 Å². The van der Waals surface area contributed by atoms with Gasteiger partial charge >= 0.3 is 354 Å². The minimum atomic E-state index is 0.0890. The van der Waals surface area contributed by atoms with Crippen LogP contribution in [0.15, 0.2) is 237 Å². The molecular formula is C64H39NSe. The average Bonchev–Trinajstić information content (AvgIpc) is 3.93. The van der Waals surface area contributed by atoms with Crippen molar-refractivity contribution >= 4 is 98.7 Å². The second-order valence-electron chi connectivity index (χ2n) is 17.4. The molecule has 306 valence electrons. The van der Waals surface area contributed by atoms with Crippen LogP contribution in [0.4, 0.5) is 0 Å². The van der Waals surface area contributed by atoms with E-state index in [1.165, 1.54) is 134 Å². The molecule has 66 heavy (non-hydrogen) atoms. The third-order valence-corrected chi connectivity index (χ3v) is 16.5. The number of rotatable bonds is 5. The minimum absolute atomic E-state index is 0.0890. The van der Waals surface area contributed by atoms with E-state index in [9.17, 15) is 0 Å². The van der Waals surface area contributed by atoms with E-state index in [-0.39, 0.29) is 14.5 Å². The second-order valence-corrected chi connectivity index (χ2v) is 19.6. The predicted molar refractivity (Wildman–Crippen MR) is 285 cm³/mol. The molecule has 0 N–H and O–H groups in total. The van der Waals surface area contributed by atoms with E-state index in [0.29, 0.717) is 0 Å². The van der Waals surface area contributed by atoms with E-state index in [2.05, 4.69) is 241 Å². The Hall–Kier alpha value is -8.00. The van der Waals surface area contributed by atoms with Crippen molar-refractivity contribution in [3.8, 4) is 50.2 Å². The zero-order valence-corrected chi connectivity index (χ0v) is 37.6. The molecule has 0 saturated heterocycles. The maximum atomic E-state index is 2.52. The molecule has 0 bridgehead atoms. The molecule has 14 aromatic rings. The van der Waals surface area contributed by atoms with E-state index in [1.807, 2.05) is 0 Å². The first kappa shape index (κ1) is 37.4. The SMILES string of the molecule is c1ccc(-c2c3ccccc3c(-c3cccc4c3[se]c3cc(-c5c6ccccc6c(-c6cccc7c6c6ccccc6n7-c6ccccc6)c6ccccc56)ccc34)c3ccccc23)cc1. The number of aromatic nitrogens is 1. The fraction of sp³-hybridized carbons (Fsp3) is 0. The number of benzene rings is 12. The number of hydrogen-bond donors (Lipinski definition) is 0. The molecule has 12 aromatic carbocycles. The maximum absolute atomic E-state index is 2.52. The molecule has 0 radical (unpaired) electrons. The third-order valence-electron chi connectivity index (χ3n) is 14.0. The van der Waals surface area contributed by atoms with Crippen LogP contribution in [0.5, 0.6) is 0 Å². The van der Waals surface area contributed by atoms with E-state index in [1.54, 1.807) is 0 Å². The zero-order valence-electron chi connectivity index (χ0n) is 35.9. The molecule has 0 aliphatic carbocycles. The number of hydrogen-bond acceptors (Lipinski definition) is 0. The van der Waals surface area contributed by atoms with E-state index in [4.69, 9.17) is 0 Å². The predicted octanol–water partition coefficient (Wildman–Crippen LogP) is 17.4. The van der Waals surface area contributed by atoms with E-state index in [0.717, 1.165) is 0 Å². The number of para-hydroxylation sites is 2. The van der Waals surface area contributed by atoms with Crippen LogP contribution in [0.1, 0.15) is 0 Å². The van der Waals surface area contributed by atoms with Gasteiger partial charge in [0.05, 0.1) is 0 Å². The first-order valence-corrected chi connectivity index (χ1v) is 24.5. The molecule has 2 heteroatoms. The molecule has 2 aromatic heterocycles. The topological polar surface area (TPSA) is 4.93 Å². The summed E-state index contributed by atoms with van der Waals surface area (Å²) in [6, 6.07) is 88.0. The van der Waals surface area contributed by atoms with Gasteiger partial charge in [-0.25, -0.2) is 0 Å². The molecular weight excluding hydrogens is 862 g/mol. The zero-order chi connectivity index (χ0) is 43.3. The Morgan fingerprint density at radius 3 is 1.32 bits per heavy atom. The molecule has 0 fully saturated rings. The van der Waals surface area contributed by atoms with Crippen molar-refractivity contribution in [2.45, 2.75) is 0 Å². The first-order chi connectivity index (χ1) is 32.8. The monoisotopic (exact) mass is 901 g/mol. The first-order valence-electron chi connectivity index (χ1n) is 22.8. The number of nitrogens with zero attached hydrogens (tertiary/aromatic N) is 1. The standard InChI is InChI=1S/C64H39NSe/c1-3-19-40(20-4-1)59-44-23-7-13-29-50(44)62(51-30-14-8-24-45(51)59)55-34-17-32-52-43-38-37-41(39-58(43)66-64(52)55)60-46-25-9-11-27-48(46)61(49-28-12-10-26-47(49)60)54-33-18-36-57-63(54)53-31-15-16-35-56(53)65(57)42-21-5-2-6-22-42/h1-39H. The molecule has 0 atom stereocenters. The van der Waals surface area contributed by atoms with Crippen molar-refractivity contribution in [1.29, 1.82) is 0 Å². The normalized spacial score (nSPS) is 11.9. The van der Waals surface area contributed by atoms with Crippen LogP contribution < -0.4 is 0 Å². The molecule has 1 nitrogen and oxygen atoms in total. The van der Waals surface area contributed by atoms with Crippen molar-refractivity contribution in [3.05, 3.63) is 237 Å². The Labute approximate surface area is 387 Å². The fourth-order valence-corrected chi connectivity index (χ4v) is 13.9. The molecule has 14 rings (SSSR count). The fourth-order valence-electron chi connectivity index (χ4n) is 11.3. The summed E-state index contributed by atoms with van der Waals surface area (Å²) in [6.07, 6.45) is 0. The summed E-state index contributed by atoms with van der Waals surface area (Å²) in [7, 11) is 0. The van der Waals surface area contributed by atoms with Gasteiger partial charge in [0.2, 0.25) is 0 Å². The quantitative estimate of drug-likeness (QED) is 0.120. The van der Waals surface area contributed by atoms with Gasteiger partial charge in [0.15, 0.2) is 0 Å². The van der Waals surface area contributed by atoms with Crippen LogP contribution in [-0.2, 0) is 0 Å². The molecule has 0 spiro atoms. The van der Waals surface area contributed by atoms with Gasteiger partial charge in [0.25, 0.3) is 0 Å². The summed E-state index contributed by atoms with van der Waals surface area (Å²) < 4.78 is 5.33. The van der Waals surface area contributed by atoms with Gasteiger partial charge < -0.3 is 0 Å². The van der Waals surface area contributed by atoms with Gasteiger partial charge in [-0.2, -0.15) is 0 Å². The average molecular weight is 901 g/mol. The summed E-state index contributed by atoms with van der Waals surface area (Å²) in [5.74, 6) is 0.